The number of quaternary nitrogens is 1. The van der Waals surface area contributed by atoms with Gasteiger partial charge in [-0.15, -0.1) is 0 Å². The van der Waals surface area contributed by atoms with Gasteiger partial charge in [-0.1, -0.05) is 0 Å². The van der Waals surface area contributed by atoms with Crippen molar-refractivity contribution in [3.8, 4) is 11.5 Å². The summed E-state index contributed by atoms with van der Waals surface area (Å²) in [5.41, 5.74) is 7.77. The van der Waals surface area contributed by atoms with Crippen molar-refractivity contribution in [2.45, 2.75) is 25.7 Å². The van der Waals surface area contributed by atoms with Crippen molar-refractivity contribution in [3.05, 3.63) is 52.6 Å². The van der Waals surface area contributed by atoms with Crippen LogP contribution in [0.3, 0.4) is 0 Å². The molecule has 2 N–H and O–H groups in total. The molecule has 0 atom stereocenters. The summed E-state index contributed by atoms with van der Waals surface area (Å²) in [6.45, 7) is 2.36. The maximum Gasteiger partial charge on any atom is 0.271 e. The van der Waals surface area contributed by atoms with Gasteiger partial charge < -0.3 is 9.84 Å². The Bertz CT molecular complexity index is 921. The Labute approximate surface area is 165 Å². The van der Waals surface area contributed by atoms with E-state index in [9.17, 15) is 9.90 Å². The van der Waals surface area contributed by atoms with Crippen LogP contribution in [0.5, 0.6) is 11.5 Å². The van der Waals surface area contributed by atoms with Crippen LogP contribution >= 0.6 is 0 Å². The zero-order valence-corrected chi connectivity index (χ0v) is 16.4. The lowest BCUT2D eigenvalue weighted by atomic mass is 9.88. The molecule has 0 radical (unpaired) electrons. The first kappa shape index (κ1) is 18.5. The van der Waals surface area contributed by atoms with Crippen molar-refractivity contribution in [2.24, 2.45) is 5.10 Å². The molecule has 0 bridgehead atoms. The van der Waals surface area contributed by atoms with Crippen molar-refractivity contribution >= 4 is 17.8 Å². The lowest BCUT2D eigenvalue weighted by molar-refractivity contribution is 0.0954. The third-order valence-corrected chi connectivity index (χ3v) is 5.87. The predicted octanol–water partition coefficient (Wildman–Crippen LogP) is 2.99. The number of nitrogens with one attached hydrogen (secondary N) is 1. The van der Waals surface area contributed by atoms with Gasteiger partial charge in [-0.25, -0.2) is 5.43 Å². The highest BCUT2D eigenvalue weighted by molar-refractivity contribution is 5.96. The Morgan fingerprint density at radius 3 is 2.46 bits per heavy atom. The molecule has 2 aliphatic heterocycles. The SMILES string of the molecule is COc1ccc(/C=N/NC(=O)c2cc3c4c(c2)CCC[N+]4(C)CCC3)c(O)c1. The van der Waals surface area contributed by atoms with Gasteiger partial charge in [0.25, 0.3) is 5.91 Å². The predicted molar refractivity (Wildman–Crippen MR) is 110 cm³/mol. The molecule has 2 aliphatic rings. The van der Waals surface area contributed by atoms with Gasteiger partial charge in [0.05, 0.1) is 33.5 Å². The average Bonchev–Trinajstić information content (AvgIpc) is 2.68. The Morgan fingerprint density at radius 1 is 1.18 bits per heavy atom. The summed E-state index contributed by atoms with van der Waals surface area (Å²) in [5, 5.41) is 14.0. The van der Waals surface area contributed by atoms with E-state index < -0.39 is 0 Å². The minimum absolute atomic E-state index is 0.0487. The zero-order chi connectivity index (χ0) is 19.7. The van der Waals surface area contributed by atoms with Crippen LogP contribution in [0.2, 0.25) is 0 Å². The van der Waals surface area contributed by atoms with Gasteiger partial charge in [0.1, 0.15) is 17.2 Å². The number of hydrogen-bond donors (Lipinski definition) is 2. The molecular formula is C22H26N3O3+. The highest BCUT2D eigenvalue weighted by Gasteiger charge is 2.37. The van der Waals surface area contributed by atoms with Crippen LogP contribution in [-0.4, -0.2) is 44.5 Å². The lowest BCUT2D eigenvalue weighted by Crippen LogP contribution is -2.52. The van der Waals surface area contributed by atoms with Gasteiger partial charge in [0, 0.05) is 41.2 Å². The molecule has 146 valence electrons. The number of methoxy groups -OCH3 is 1. The van der Waals surface area contributed by atoms with Crippen LogP contribution in [0.1, 0.15) is 39.9 Å². The molecule has 0 unspecified atom stereocenters. The van der Waals surface area contributed by atoms with E-state index in [1.165, 1.54) is 49.3 Å². The topological polar surface area (TPSA) is 70.9 Å². The molecule has 0 saturated heterocycles. The molecular weight excluding hydrogens is 354 g/mol. The summed E-state index contributed by atoms with van der Waals surface area (Å²) < 4.78 is 6.06. The maximum atomic E-state index is 12.6. The number of hydrogen-bond acceptors (Lipinski definition) is 4. The number of carbonyl (C=O) groups excluding carboxylic acids is 1. The fourth-order valence-corrected chi connectivity index (χ4v) is 4.52. The summed E-state index contributed by atoms with van der Waals surface area (Å²) >= 11 is 0. The Balaban J connectivity index is 1.53. The molecule has 28 heavy (non-hydrogen) atoms. The number of aromatic hydroxyl groups is 1. The minimum atomic E-state index is -0.228. The number of phenolic OH excluding ortho intramolecular Hbond substituents is 1. The van der Waals surface area contributed by atoms with Crippen LogP contribution in [-0.2, 0) is 12.8 Å². The van der Waals surface area contributed by atoms with Gasteiger partial charge in [-0.2, -0.15) is 5.10 Å². The van der Waals surface area contributed by atoms with Crippen molar-refractivity contribution in [2.75, 3.05) is 27.2 Å². The van der Waals surface area contributed by atoms with Crippen LogP contribution in [0, 0.1) is 0 Å². The van der Waals surface area contributed by atoms with Crippen molar-refractivity contribution in [3.63, 3.8) is 0 Å². The van der Waals surface area contributed by atoms with Gasteiger partial charge in [0.15, 0.2) is 0 Å². The third-order valence-electron chi connectivity index (χ3n) is 5.87. The summed E-state index contributed by atoms with van der Waals surface area (Å²) in [6.07, 6.45) is 5.80. The molecule has 2 heterocycles. The third kappa shape index (κ3) is 3.36. The van der Waals surface area contributed by atoms with E-state index in [0.717, 1.165) is 30.2 Å². The molecule has 2 aromatic carbocycles. The van der Waals surface area contributed by atoms with Crippen LogP contribution in [0.4, 0.5) is 5.69 Å². The highest BCUT2D eigenvalue weighted by Crippen LogP contribution is 2.40. The Kier molecular flexibility index (Phi) is 4.81. The number of rotatable bonds is 4. The van der Waals surface area contributed by atoms with Crippen LogP contribution in [0.25, 0.3) is 0 Å². The van der Waals surface area contributed by atoms with E-state index in [4.69, 9.17) is 4.74 Å². The van der Waals surface area contributed by atoms with Crippen molar-refractivity contribution in [1.82, 2.24) is 9.91 Å². The van der Waals surface area contributed by atoms with Gasteiger partial charge >= 0.3 is 0 Å². The number of carbonyl (C=O) groups is 1. The zero-order valence-electron chi connectivity index (χ0n) is 16.4. The fraction of sp³-hybridized carbons (Fsp3) is 0.364. The molecule has 6 nitrogen and oxygen atoms in total. The molecule has 6 heteroatoms. The number of ether oxygens (including phenoxy) is 1. The second-order valence-corrected chi connectivity index (χ2v) is 7.82. The van der Waals surface area contributed by atoms with Crippen LogP contribution < -0.4 is 14.6 Å². The van der Waals surface area contributed by atoms with Crippen molar-refractivity contribution < 1.29 is 14.6 Å². The number of benzene rings is 2. The quantitative estimate of drug-likeness (QED) is 0.487. The number of aryl methyl sites for hydroxylation is 2. The molecule has 0 spiro atoms. The van der Waals surface area contributed by atoms with E-state index in [-0.39, 0.29) is 11.7 Å². The maximum absolute atomic E-state index is 12.6. The first-order valence-corrected chi connectivity index (χ1v) is 9.71. The minimum Gasteiger partial charge on any atom is -0.507 e. The first-order valence-electron chi connectivity index (χ1n) is 9.71. The van der Waals surface area contributed by atoms with Gasteiger partial charge in [-0.05, 0) is 37.1 Å². The van der Waals surface area contributed by atoms with E-state index in [2.05, 4.69) is 17.6 Å². The molecule has 0 saturated carbocycles. The van der Waals surface area contributed by atoms with E-state index in [1.807, 2.05) is 12.1 Å². The number of amides is 1. The monoisotopic (exact) mass is 380 g/mol. The molecule has 4 rings (SSSR count). The molecule has 1 amide bonds. The lowest BCUT2D eigenvalue weighted by Gasteiger charge is -2.43. The Hall–Kier alpha value is -2.86. The van der Waals surface area contributed by atoms with Gasteiger partial charge in [-0.3, -0.25) is 9.28 Å². The van der Waals surface area contributed by atoms with E-state index >= 15 is 0 Å². The number of phenols is 1. The summed E-state index contributed by atoms with van der Waals surface area (Å²) in [4.78, 5) is 12.6. The number of nitrogens with zero attached hydrogens (tertiary/aromatic N) is 2. The summed E-state index contributed by atoms with van der Waals surface area (Å²) in [5.74, 6) is 0.383. The van der Waals surface area contributed by atoms with E-state index in [0.29, 0.717) is 16.9 Å². The van der Waals surface area contributed by atoms with Crippen molar-refractivity contribution in [1.29, 1.82) is 0 Å². The molecule has 0 aliphatic carbocycles. The summed E-state index contributed by atoms with van der Waals surface area (Å²) in [6, 6.07) is 8.97. The highest BCUT2D eigenvalue weighted by atomic mass is 16.5. The van der Waals surface area contributed by atoms with Crippen LogP contribution in [0.15, 0.2) is 35.4 Å². The smallest absolute Gasteiger partial charge is 0.271 e. The Morgan fingerprint density at radius 2 is 1.86 bits per heavy atom. The molecule has 2 aromatic rings. The summed E-state index contributed by atoms with van der Waals surface area (Å²) in [7, 11) is 3.85. The first-order chi connectivity index (χ1) is 13.5. The molecule has 0 fully saturated rings. The standard InChI is InChI=1S/C22H25N3O3/c1-25-9-3-5-15-11-18(12-16(21(15)25)6-4-10-25)22(27)24-23-14-17-7-8-19(28-2)13-20(17)26/h7-8,11-14H,3-6,9-10H2,1-2H3,(H-,23,24,26,27)/p+1. The fourth-order valence-electron chi connectivity index (χ4n) is 4.52. The van der Waals surface area contributed by atoms with E-state index in [1.54, 1.807) is 12.1 Å². The second kappa shape index (κ2) is 7.28. The normalized spacial score (nSPS) is 17.2. The second-order valence-electron chi connectivity index (χ2n) is 7.82. The largest absolute Gasteiger partial charge is 0.507 e. The van der Waals surface area contributed by atoms with Gasteiger partial charge in [0.2, 0.25) is 0 Å². The average molecular weight is 380 g/mol. The number of hydrazone groups is 1. The molecule has 0 aromatic heterocycles.